The quantitative estimate of drug-likeness (QED) is 0.398. The van der Waals surface area contributed by atoms with Crippen LogP contribution in [0.2, 0.25) is 5.02 Å². The van der Waals surface area contributed by atoms with Crippen molar-refractivity contribution in [1.82, 2.24) is 24.1 Å². The molecule has 0 fully saturated rings. The van der Waals surface area contributed by atoms with Crippen molar-refractivity contribution < 1.29 is 4.79 Å². The van der Waals surface area contributed by atoms with E-state index in [0.717, 1.165) is 18.4 Å². The number of nitrogens with one attached hydrogen (secondary N) is 1. The zero-order valence-corrected chi connectivity index (χ0v) is 21.2. The summed E-state index contributed by atoms with van der Waals surface area (Å²) < 4.78 is 4.32. The first-order valence-electron chi connectivity index (χ1n) is 11.9. The molecular formula is C26H30ClN5O3. The van der Waals surface area contributed by atoms with Gasteiger partial charge in [0, 0.05) is 23.2 Å². The minimum Gasteiger partial charge on any atom is -0.350 e. The van der Waals surface area contributed by atoms with E-state index >= 15 is 0 Å². The van der Waals surface area contributed by atoms with Gasteiger partial charge in [-0.2, -0.15) is 0 Å². The molecule has 0 aliphatic carbocycles. The standard InChI is InChI=1S/C26H30ClN5O3/c1-5-17(4)28-23(33)19-9-10-21-22(14-19)32-25(30(24(21)34)12-11-16(2)3)29-31(26(32)35)15-18-7-6-8-20(27)13-18/h6-10,13-14,16-17H,5,11-12,15H2,1-4H3,(H,28,33). The Morgan fingerprint density at radius 1 is 1.11 bits per heavy atom. The molecule has 1 N–H and O–H groups in total. The third-order valence-corrected chi connectivity index (χ3v) is 6.42. The average molecular weight is 496 g/mol. The number of rotatable bonds is 8. The van der Waals surface area contributed by atoms with E-state index in [9.17, 15) is 14.4 Å². The largest absolute Gasteiger partial charge is 0.352 e. The van der Waals surface area contributed by atoms with Crippen molar-refractivity contribution in [3.05, 3.63) is 79.5 Å². The zero-order chi connectivity index (χ0) is 25.3. The van der Waals surface area contributed by atoms with Crippen molar-refractivity contribution in [3.8, 4) is 0 Å². The van der Waals surface area contributed by atoms with Gasteiger partial charge in [-0.15, -0.1) is 5.10 Å². The second-order valence-corrected chi connectivity index (χ2v) is 9.80. The van der Waals surface area contributed by atoms with Gasteiger partial charge in [0.05, 0.1) is 17.4 Å². The van der Waals surface area contributed by atoms with E-state index in [4.69, 9.17) is 11.6 Å². The Morgan fingerprint density at radius 2 is 1.89 bits per heavy atom. The minimum atomic E-state index is -0.386. The van der Waals surface area contributed by atoms with Crippen molar-refractivity contribution in [1.29, 1.82) is 0 Å². The lowest BCUT2D eigenvalue weighted by Gasteiger charge is -2.13. The summed E-state index contributed by atoms with van der Waals surface area (Å²) >= 11 is 6.12. The topological polar surface area (TPSA) is 90.4 Å². The summed E-state index contributed by atoms with van der Waals surface area (Å²) in [6, 6.07) is 12.1. The predicted molar refractivity (Wildman–Crippen MR) is 138 cm³/mol. The first kappa shape index (κ1) is 24.7. The number of amides is 1. The SMILES string of the molecule is CCC(C)NC(=O)c1ccc2c(=O)n(CCC(C)C)c3nn(Cc4cccc(Cl)c4)c(=O)n3c2c1. The lowest BCUT2D eigenvalue weighted by Crippen LogP contribution is -2.32. The summed E-state index contributed by atoms with van der Waals surface area (Å²) in [5, 5.41) is 8.41. The van der Waals surface area contributed by atoms with Gasteiger partial charge in [-0.1, -0.05) is 44.5 Å². The fourth-order valence-corrected chi connectivity index (χ4v) is 4.18. The molecule has 1 unspecified atom stereocenters. The zero-order valence-electron chi connectivity index (χ0n) is 20.4. The average Bonchev–Trinajstić information content (AvgIpc) is 3.14. The van der Waals surface area contributed by atoms with E-state index in [1.54, 1.807) is 34.9 Å². The van der Waals surface area contributed by atoms with Crippen LogP contribution in [0.1, 0.15) is 56.5 Å². The highest BCUT2D eigenvalue weighted by atomic mass is 35.5. The Morgan fingerprint density at radius 3 is 2.57 bits per heavy atom. The lowest BCUT2D eigenvalue weighted by molar-refractivity contribution is 0.0939. The van der Waals surface area contributed by atoms with Gasteiger partial charge < -0.3 is 5.32 Å². The van der Waals surface area contributed by atoms with Crippen LogP contribution in [0.15, 0.2) is 52.1 Å². The second-order valence-electron chi connectivity index (χ2n) is 9.36. The van der Waals surface area contributed by atoms with Crippen LogP contribution < -0.4 is 16.6 Å². The van der Waals surface area contributed by atoms with E-state index in [1.807, 2.05) is 26.0 Å². The van der Waals surface area contributed by atoms with Crippen molar-refractivity contribution in [3.63, 3.8) is 0 Å². The molecular weight excluding hydrogens is 466 g/mol. The third kappa shape index (κ3) is 5.03. The highest BCUT2D eigenvalue weighted by Gasteiger charge is 2.20. The molecule has 4 aromatic rings. The molecule has 1 atom stereocenters. The highest BCUT2D eigenvalue weighted by molar-refractivity contribution is 6.30. The van der Waals surface area contributed by atoms with Crippen LogP contribution >= 0.6 is 11.6 Å². The predicted octanol–water partition coefficient (Wildman–Crippen LogP) is 4.09. The van der Waals surface area contributed by atoms with Crippen LogP contribution in [0.25, 0.3) is 16.7 Å². The number of halogens is 1. The van der Waals surface area contributed by atoms with Gasteiger partial charge in [0.15, 0.2) is 0 Å². The number of aryl methyl sites for hydroxylation is 1. The van der Waals surface area contributed by atoms with Gasteiger partial charge in [-0.3, -0.25) is 14.2 Å². The Labute approximate surface area is 208 Å². The van der Waals surface area contributed by atoms with E-state index in [-0.39, 0.29) is 35.5 Å². The van der Waals surface area contributed by atoms with Gasteiger partial charge in [0.25, 0.3) is 11.5 Å². The smallest absolute Gasteiger partial charge is 0.350 e. The number of fused-ring (bicyclic) bond motifs is 3. The molecule has 35 heavy (non-hydrogen) atoms. The first-order valence-corrected chi connectivity index (χ1v) is 12.3. The number of nitrogens with zero attached hydrogens (tertiary/aromatic N) is 4. The summed E-state index contributed by atoms with van der Waals surface area (Å²) in [5.74, 6) is 0.372. The Balaban J connectivity index is 1.94. The van der Waals surface area contributed by atoms with Crippen LogP contribution in [0.5, 0.6) is 0 Å². The molecule has 2 aromatic carbocycles. The summed E-state index contributed by atoms with van der Waals surface area (Å²) in [4.78, 5) is 39.8. The minimum absolute atomic E-state index is 0.00502. The monoisotopic (exact) mass is 495 g/mol. The number of benzene rings is 2. The molecule has 0 bridgehead atoms. The molecule has 2 aromatic heterocycles. The van der Waals surface area contributed by atoms with E-state index in [2.05, 4.69) is 24.3 Å². The molecule has 8 nitrogen and oxygen atoms in total. The van der Waals surface area contributed by atoms with Crippen LogP contribution in [0.4, 0.5) is 0 Å². The van der Waals surface area contributed by atoms with Gasteiger partial charge in [0.1, 0.15) is 0 Å². The summed E-state index contributed by atoms with van der Waals surface area (Å²) in [5.41, 5.74) is 0.944. The first-order chi connectivity index (χ1) is 16.7. The molecule has 0 aliphatic heterocycles. The molecule has 0 aliphatic rings. The van der Waals surface area contributed by atoms with Crippen LogP contribution in [-0.4, -0.2) is 30.7 Å². The molecule has 0 saturated heterocycles. The Bertz CT molecular complexity index is 1520. The van der Waals surface area contributed by atoms with E-state index < -0.39 is 0 Å². The second kappa shape index (κ2) is 10.1. The Hall–Kier alpha value is -3.39. The molecule has 184 valence electrons. The maximum Gasteiger partial charge on any atom is 0.352 e. The normalized spacial score (nSPS) is 12.5. The number of carbonyl (C=O) groups is 1. The third-order valence-electron chi connectivity index (χ3n) is 6.18. The summed E-state index contributed by atoms with van der Waals surface area (Å²) in [6.45, 7) is 8.71. The summed E-state index contributed by atoms with van der Waals surface area (Å²) in [7, 11) is 0. The van der Waals surface area contributed by atoms with Crippen molar-refractivity contribution >= 4 is 34.2 Å². The van der Waals surface area contributed by atoms with E-state index in [0.29, 0.717) is 34.0 Å². The van der Waals surface area contributed by atoms with Crippen LogP contribution in [-0.2, 0) is 13.1 Å². The van der Waals surface area contributed by atoms with Crippen molar-refractivity contribution in [2.45, 2.75) is 59.7 Å². The van der Waals surface area contributed by atoms with Crippen LogP contribution in [0.3, 0.4) is 0 Å². The van der Waals surface area contributed by atoms with Gasteiger partial charge in [-0.05, 0) is 61.6 Å². The maximum absolute atomic E-state index is 13.6. The molecule has 4 rings (SSSR count). The van der Waals surface area contributed by atoms with Crippen molar-refractivity contribution in [2.24, 2.45) is 5.92 Å². The number of hydrogen-bond acceptors (Lipinski definition) is 4. The number of carbonyl (C=O) groups excluding carboxylic acids is 1. The fraction of sp³-hybridized carbons (Fsp3) is 0.385. The highest BCUT2D eigenvalue weighted by Crippen LogP contribution is 2.16. The van der Waals surface area contributed by atoms with Gasteiger partial charge in [-0.25, -0.2) is 13.9 Å². The summed E-state index contributed by atoms with van der Waals surface area (Å²) in [6.07, 6.45) is 1.55. The van der Waals surface area contributed by atoms with E-state index in [1.165, 1.54) is 9.08 Å². The maximum atomic E-state index is 13.6. The van der Waals surface area contributed by atoms with Gasteiger partial charge in [0.2, 0.25) is 5.78 Å². The lowest BCUT2D eigenvalue weighted by atomic mass is 10.1. The Kier molecular flexibility index (Phi) is 7.12. The van der Waals surface area contributed by atoms with Crippen LogP contribution in [0, 0.1) is 5.92 Å². The molecule has 2 heterocycles. The molecule has 9 heteroatoms. The van der Waals surface area contributed by atoms with Gasteiger partial charge >= 0.3 is 5.69 Å². The molecule has 0 saturated carbocycles. The molecule has 0 radical (unpaired) electrons. The number of hydrogen-bond donors (Lipinski definition) is 1. The number of aromatic nitrogens is 4. The fourth-order valence-electron chi connectivity index (χ4n) is 3.97. The van der Waals surface area contributed by atoms with Crippen molar-refractivity contribution in [2.75, 3.05) is 0 Å². The molecule has 1 amide bonds. The molecule has 0 spiro atoms.